The van der Waals surface area contributed by atoms with Crippen molar-refractivity contribution in [2.75, 3.05) is 0 Å². The van der Waals surface area contributed by atoms with Crippen molar-refractivity contribution < 1.29 is 4.57 Å². The standard InChI is InChI=1S/C24H47N2/c1-4-7-10-12-14-16-18-21-26-23-22-25(20-9-6-3)24(26)19-17-15-13-11-8-5-2/h22-23H,4-21H2,1-3H3/q+1. The monoisotopic (exact) mass is 363 g/mol. The highest BCUT2D eigenvalue weighted by molar-refractivity contribution is 4.84. The third kappa shape index (κ3) is 10.4. The second-order valence-corrected chi connectivity index (χ2v) is 8.09. The number of aryl methyl sites for hydroxylation is 2. The van der Waals surface area contributed by atoms with Crippen molar-refractivity contribution in [3.8, 4) is 0 Å². The van der Waals surface area contributed by atoms with Gasteiger partial charge in [-0.25, -0.2) is 9.13 Å². The predicted molar refractivity (Wildman–Crippen MR) is 115 cm³/mol. The largest absolute Gasteiger partial charge is 0.256 e. The second kappa shape index (κ2) is 16.4. The molecule has 0 atom stereocenters. The summed E-state index contributed by atoms with van der Waals surface area (Å²) in [4.78, 5) is 0. The van der Waals surface area contributed by atoms with Crippen molar-refractivity contribution in [3.63, 3.8) is 0 Å². The maximum absolute atomic E-state index is 2.56. The van der Waals surface area contributed by atoms with E-state index in [0.29, 0.717) is 0 Å². The average Bonchev–Trinajstić information content (AvgIpc) is 3.04. The Kier molecular flexibility index (Phi) is 14.7. The highest BCUT2D eigenvalue weighted by Crippen LogP contribution is 2.11. The van der Waals surface area contributed by atoms with E-state index in [9.17, 15) is 0 Å². The van der Waals surface area contributed by atoms with Gasteiger partial charge in [0.15, 0.2) is 0 Å². The van der Waals surface area contributed by atoms with Crippen LogP contribution in [0.15, 0.2) is 12.4 Å². The van der Waals surface area contributed by atoms with E-state index in [1.54, 1.807) is 5.82 Å². The number of rotatable bonds is 18. The topological polar surface area (TPSA) is 8.81 Å². The van der Waals surface area contributed by atoms with Gasteiger partial charge in [-0.2, -0.15) is 0 Å². The number of unbranched alkanes of at least 4 members (excludes halogenated alkanes) is 12. The van der Waals surface area contributed by atoms with Crippen LogP contribution in [0.5, 0.6) is 0 Å². The van der Waals surface area contributed by atoms with Gasteiger partial charge in [0.05, 0.1) is 13.1 Å². The maximum atomic E-state index is 2.56. The lowest BCUT2D eigenvalue weighted by molar-refractivity contribution is -0.704. The lowest BCUT2D eigenvalue weighted by Gasteiger charge is -2.06. The van der Waals surface area contributed by atoms with E-state index in [-0.39, 0.29) is 0 Å². The number of hydrogen-bond acceptors (Lipinski definition) is 0. The van der Waals surface area contributed by atoms with E-state index in [0.717, 1.165) is 0 Å². The molecule has 0 aromatic carbocycles. The van der Waals surface area contributed by atoms with E-state index < -0.39 is 0 Å². The smallest absolute Gasteiger partial charge is 0.234 e. The molecule has 0 aliphatic carbocycles. The zero-order chi connectivity index (χ0) is 18.9. The van der Waals surface area contributed by atoms with Gasteiger partial charge in [0.1, 0.15) is 12.4 Å². The number of aromatic nitrogens is 2. The fraction of sp³-hybridized carbons (Fsp3) is 0.875. The summed E-state index contributed by atoms with van der Waals surface area (Å²) in [5, 5.41) is 0. The molecule has 0 fully saturated rings. The van der Waals surface area contributed by atoms with Gasteiger partial charge in [0, 0.05) is 6.42 Å². The van der Waals surface area contributed by atoms with Gasteiger partial charge < -0.3 is 0 Å². The Bertz CT molecular complexity index is 422. The van der Waals surface area contributed by atoms with E-state index >= 15 is 0 Å². The van der Waals surface area contributed by atoms with Crippen molar-refractivity contribution in [1.82, 2.24) is 4.57 Å². The Hall–Kier alpha value is -0.790. The summed E-state index contributed by atoms with van der Waals surface area (Å²) in [6.07, 6.45) is 26.7. The molecule has 0 spiro atoms. The molecule has 0 unspecified atom stereocenters. The van der Waals surface area contributed by atoms with Gasteiger partial charge in [-0.3, -0.25) is 0 Å². The quantitative estimate of drug-likeness (QED) is 0.192. The van der Waals surface area contributed by atoms with Gasteiger partial charge in [0.25, 0.3) is 5.82 Å². The molecule has 1 rings (SSSR count). The summed E-state index contributed by atoms with van der Waals surface area (Å²) < 4.78 is 5.10. The highest BCUT2D eigenvalue weighted by Gasteiger charge is 2.16. The fourth-order valence-electron chi connectivity index (χ4n) is 3.82. The Morgan fingerprint density at radius 2 is 1.19 bits per heavy atom. The number of imidazole rings is 1. The van der Waals surface area contributed by atoms with Crippen molar-refractivity contribution in [2.45, 2.75) is 137 Å². The molecule has 1 aromatic heterocycles. The molecular formula is C24H47N2+. The van der Waals surface area contributed by atoms with Crippen LogP contribution in [0.3, 0.4) is 0 Å². The molecule has 152 valence electrons. The molecular weight excluding hydrogens is 316 g/mol. The molecule has 0 aliphatic heterocycles. The van der Waals surface area contributed by atoms with Crippen LogP contribution in [-0.4, -0.2) is 4.57 Å². The Morgan fingerprint density at radius 1 is 0.654 bits per heavy atom. The minimum atomic E-state index is 1.20. The van der Waals surface area contributed by atoms with Gasteiger partial charge in [-0.1, -0.05) is 91.4 Å². The first-order valence-electron chi connectivity index (χ1n) is 11.9. The lowest BCUT2D eigenvalue weighted by atomic mass is 10.1. The molecule has 2 nitrogen and oxygen atoms in total. The van der Waals surface area contributed by atoms with Crippen molar-refractivity contribution in [3.05, 3.63) is 18.2 Å². The molecule has 0 radical (unpaired) electrons. The molecule has 0 saturated heterocycles. The molecule has 0 aliphatic rings. The fourth-order valence-corrected chi connectivity index (χ4v) is 3.82. The molecule has 0 saturated carbocycles. The minimum Gasteiger partial charge on any atom is -0.234 e. The molecule has 26 heavy (non-hydrogen) atoms. The summed E-state index contributed by atoms with van der Waals surface area (Å²) in [5.41, 5.74) is 0. The lowest BCUT2D eigenvalue weighted by Crippen LogP contribution is -2.37. The SMILES string of the molecule is CCCCCCCCCn1cc[n+](CCCC)c1CCCCCCCC. The normalized spacial score (nSPS) is 11.3. The van der Waals surface area contributed by atoms with Crippen LogP contribution in [0.1, 0.15) is 123 Å². The van der Waals surface area contributed by atoms with Crippen LogP contribution < -0.4 is 4.57 Å². The predicted octanol–water partition coefficient (Wildman–Crippen LogP) is 7.23. The van der Waals surface area contributed by atoms with Crippen molar-refractivity contribution >= 4 is 0 Å². The Morgan fingerprint density at radius 3 is 1.81 bits per heavy atom. The van der Waals surface area contributed by atoms with Gasteiger partial charge >= 0.3 is 0 Å². The van der Waals surface area contributed by atoms with Crippen molar-refractivity contribution in [2.24, 2.45) is 0 Å². The number of hydrogen-bond donors (Lipinski definition) is 0. The van der Waals surface area contributed by atoms with Crippen LogP contribution in [0.2, 0.25) is 0 Å². The Labute approximate surface area is 164 Å². The first-order valence-corrected chi connectivity index (χ1v) is 11.9. The third-order valence-electron chi connectivity index (χ3n) is 5.60. The highest BCUT2D eigenvalue weighted by atomic mass is 15.1. The molecule has 2 heteroatoms. The van der Waals surface area contributed by atoms with E-state index in [1.165, 1.54) is 116 Å². The summed E-state index contributed by atoms with van der Waals surface area (Å²) in [6, 6.07) is 0. The zero-order valence-corrected chi connectivity index (χ0v) is 18.3. The molecule has 0 N–H and O–H groups in total. The van der Waals surface area contributed by atoms with E-state index in [2.05, 4.69) is 42.3 Å². The third-order valence-corrected chi connectivity index (χ3v) is 5.60. The molecule has 1 heterocycles. The van der Waals surface area contributed by atoms with Crippen LogP contribution in [-0.2, 0) is 19.5 Å². The maximum Gasteiger partial charge on any atom is 0.256 e. The first kappa shape index (κ1) is 23.2. The van der Waals surface area contributed by atoms with Gasteiger partial charge in [-0.15, -0.1) is 0 Å². The second-order valence-electron chi connectivity index (χ2n) is 8.09. The van der Waals surface area contributed by atoms with Gasteiger partial charge in [-0.05, 0) is 25.7 Å². The van der Waals surface area contributed by atoms with Gasteiger partial charge in [0.2, 0.25) is 0 Å². The van der Waals surface area contributed by atoms with Crippen LogP contribution >= 0.6 is 0 Å². The first-order chi connectivity index (χ1) is 12.8. The molecule has 1 aromatic rings. The number of nitrogens with zero attached hydrogens (tertiary/aromatic N) is 2. The minimum absolute atomic E-state index is 1.20. The zero-order valence-electron chi connectivity index (χ0n) is 18.3. The molecule has 0 bridgehead atoms. The summed E-state index contributed by atoms with van der Waals surface area (Å²) >= 11 is 0. The Balaban J connectivity index is 2.38. The summed E-state index contributed by atoms with van der Waals surface area (Å²) in [5.74, 6) is 1.58. The summed E-state index contributed by atoms with van der Waals surface area (Å²) in [6.45, 7) is 9.31. The average molecular weight is 364 g/mol. The molecule has 0 amide bonds. The van der Waals surface area contributed by atoms with E-state index in [1.807, 2.05) is 0 Å². The van der Waals surface area contributed by atoms with Crippen LogP contribution in [0, 0.1) is 0 Å². The van der Waals surface area contributed by atoms with E-state index in [4.69, 9.17) is 0 Å². The van der Waals surface area contributed by atoms with Crippen LogP contribution in [0.25, 0.3) is 0 Å². The van der Waals surface area contributed by atoms with Crippen molar-refractivity contribution in [1.29, 1.82) is 0 Å². The van der Waals surface area contributed by atoms with Crippen LogP contribution in [0.4, 0.5) is 0 Å². The summed E-state index contributed by atoms with van der Waals surface area (Å²) in [7, 11) is 0.